The Hall–Kier alpha value is -2.17. The standard InChI is InChI=1S/C13H12FNO3/c1-7-3-11(18-2)10-6-9(14)4-8(5-12(16)17)13(10)15-7/h3-4,6H,5H2,1-2H3,(H,16,17). The second-order valence-corrected chi connectivity index (χ2v) is 4.00. The molecule has 0 unspecified atom stereocenters. The molecule has 0 aliphatic heterocycles. The number of carbonyl (C=O) groups is 1. The van der Waals surface area contributed by atoms with E-state index in [9.17, 15) is 9.18 Å². The number of aryl methyl sites for hydroxylation is 1. The molecule has 0 saturated carbocycles. The van der Waals surface area contributed by atoms with Gasteiger partial charge in [0.05, 0.1) is 19.0 Å². The number of nitrogens with zero attached hydrogens (tertiary/aromatic N) is 1. The second kappa shape index (κ2) is 4.60. The largest absolute Gasteiger partial charge is 0.496 e. The van der Waals surface area contributed by atoms with E-state index >= 15 is 0 Å². The van der Waals surface area contributed by atoms with Crippen LogP contribution in [0, 0.1) is 12.7 Å². The SMILES string of the molecule is COc1cc(C)nc2c(CC(=O)O)cc(F)cc12. The molecule has 94 valence electrons. The van der Waals surface area contributed by atoms with Crippen LogP contribution in [0.4, 0.5) is 4.39 Å². The van der Waals surface area contributed by atoms with E-state index in [0.29, 0.717) is 27.9 Å². The van der Waals surface area contributed by atoms with E-state index in [1.165, 1.54) is 19.2 Å². The van der Waals surface area contributed by atoms with Crippen molar-refractivity contribution in [1.29, 1.82) is 0 Å². The molecule has 0 bridgehead atoms. The van der Waals surface area contributed by atoms with Crippen molar-refractivity contribution in [2.75, 3.05) is 7.11 Å². The van der Waals surface area contributed by atoms with E-state index in [4.69, 9.17) is 9.84 Å². The number of benzene rings is 1. The molecular formula is C13H12FNO3. The van der Waals surface area contributed by atoms with Gasteiger partial charge in [-0.3, -0.25) is 9.78 Å². The highest BCUT2D eigenvalue weighted by atomic mass is 19.1. The first-order valence-electron chi connectivity index (χ1n) is 5.37. The maximum Gasteiger partial charge on any atom is 0.307 e. The maximum atomic E-state index is 13.5. The highest BCUT2D eigenvalue weighted by Crippen LogP contribution is 2.28. The number of methoxy groups -OCH3 is 1. The summed E-state index contributed by atoms with van der Waals surface area (Å²) >= 11 is 0. The molecule has 1 aromatic carbocycles. The molecule has 1 heterocycles. The Balaban J connectivity index is 2.77. The summed E-state index contributed by atoms with van der Waals surface area (Å²) < 4.78 is 18.7. The van der Waals surface area contributed by atoms with Crippen LogP contribution in [0.1, 0.15) is 11.3 Å². The van der Waals surface area contributed by atoms with Crippen LogP contribution < -0.4 is 4.74 Å². The third-order valence-electron chi connectivity index (χ3n) is 2.61. The molecule has 0 saturated heterocycles. The summed E-state index contributed by atoms with van der Waals surface area (Å²) in [5.74, 6) is -1.03. The van der Waals surface area contributed by atoms with Gasteiger partial charge in [0.15, 0.2) is 0 Å². The minimum atomic E-state index is -1.02. The minimum absolute atomic E-state index is 0.270. The molecule has 0 aliphatic rings. The molecule has 0 fully saturated rings. The number of ether oxygens (including phenoxy) is 1. The lowest BCUT2D eigenvalue weighted by molar-refractivity contribution is -0.136. The average Bonchev–Trinajstić information content (AvgIpc) is 2.28. The van der Waals surface area contributed by atoms with Crippen molar-refractivity contribution < 1.29 is 19.0 Å². The predicted octanol–water partition coefficient (Wildman–Crippen LogP) is 2.32. The van der Waals surface area contributed by atoms with Crippen LogP contribution in [-0.2, 0) is 11.2 Å². The summed E-state index contributed by atoms with van der Waals surface area (Å²) in [7, 11) is 1.48. The van der Waals surface area contributed by atoms with Crippen molar-refractivity contribution in [3.63, 3.8) is 0 Å². The fraction of sp³-hybridized carbons (Fsp3) is 0.231. The van der Waals surface area contributed by atoms with Crippen LogP contribution in [-0.4, -0.2) is 23.2 Å². The van der Waals surface area contributed by atoms with Gasteiger partial charge in [-0.1, -0.05) is 0 Å². The second-order valence-electron chi connectivity index (χ2n) is 4.00. The van der Waals surface area contributed by atoms with Crippen molar-refractivity contribution in [3.8, 4) is 5.75 Å². The summed E-state index contributed by atoms with van der Waals surface area (Å²) in [5.41, 5.74) is 1.51. The third kappa shape index (κ3) is 2.25. The molecule has 0 atom stereocenters. The zero-order chi connectivity index (χ0) is 13.3. The summed E-state index contributed by atoms with van der Waals surface area (Å²) in [4.78, 5) is 15.0. The van der Waals surface area contributed by atoms with Crippen molar-refractivity contribution >= 4 is 16.9 Å². The van der Waals surface area contributed by atoms with Gasteiger partial charge in [0.2, 0.25) is 0 Å². The first-order valence-corrected chi connectivity index (χ1v) is 5.37. The number of aliphatic carboxylic acids is 1. The number of pyridine rings is 1. The van der Waals surface area contributed by atoms with Crippen molar-refractivity contribution in [2.24, 2.45) is 0 Å². The molecule has 0 spiro atoms. The van der Waals surface area contributed by atoms with Gasteiger partial charge in [0, 0.05) is 17.1 Å². The van der Waals surface area contributed by atoms with Gasteiger partial charge < -0.3 is 9.84 Å². The molecule has 4 nitrogen and oxygen atoms in total. The summed E-state index contributed by atoms with van der Waals surface area (Å²) in [5, 5.41) is 9.32. The lowest BCUT2D eigenvalue weighted by Gasteiger charge is -2.10. The van der Waals surface area contributed by atoms with Crippen LogP contribution >= 0.6 is 0 Å². The fourth-order valence-corrected chi connectivity index (χ4v) is 1.92. The Morgan fingerprint density at radius 1 is 1.44 bits per heavy atom. The number of halogens is 1. The average molecular weight is 249 g/mol. The van der Waals surface area contributed by atoms with Gasteiger partial charge >= 0.3 is 5.97 Å². The number of carboxylic acid groups (broad SMARTS) is 1. The van der Waals surface area contributed by atoms with E-state index in [-0.39, 0.29) is 6.42 Å². The van der Waals surface area contributed by atoms with Gasteiger partial charge in [-0.2, -0.15) is 0 Å². The molecule has 1 N–H and O–H groups in total. The van der Waals surface area contributed by atoms with Crippen molar-refractivity contribution in [1.82, 2.24) is 4.98 Å². The minimum Gasteiger partial charge on any atom is -0.496 e. The van der Waals surface area contributed by atoms with E-state index < -0.39 is 11.8 Å². The number of hydrogen-bond donors (Lipinski definition) is 1. The highest BCUT2D eigenvalue weighted by molar-refractivity contribution is 5.90. The quantitative estimate of drug-likeness (QED) is 0.906. The highest BCUT2D eigenvalue weighted by Gasteiger charge is 2.13. The third-order valence-corrected chi connectivity index (χ3v) is 2.61. The number of aromatic nitrogens is 1. The normalized spacial score (nSPS) is 10.6. The molecule has 0 radical (unpaired) electrons. The Labute approximate surface area is 103 Å². The lowest BCUT2D eigenvalue weighted by Crippen LogP contribution is -2.03. The van der Waals surface area contributed by atoms with E-state index in [1.807, 2.05) is 0 Å². The Morgan fingerprint density at radius 2 is 2.17 bits per heavy atom. The molecule has 1 aromatic heterocycles. The molecule has 5 heteroatoms. The van der Waals surface area contributed by atoms with E-state index in [0.717, 1.165) is 0 Å². The predicted molar refractivity (Wildman–Crippen MR) is 64.3 cm³/mol. The molecule has 18 heavy (non-hydrogen) atoms. The van der Waals surface area contributed by atoms with E-state index in [2.05, 4.69) is 4.98 Å². The molecule has 2 rings (SSSR count). The number of hydrogen-bond acceptors (Lipinski definition) is 3. The fourth-order valence-electron chi connectivity index (χ4n) is 1.92. The first-order chi connectivity index (χ1) is 8.51. The summed E-state index contributed by atoms with van der Waals surface area (Å²) in [6.07, 6.45) is -0.270. The molecular weight excluding hydrogens is 237 g/mol. The van der Waals surface area contributed by atoms with E-state index in [1.54, 1.807) is 13.0 Å². The number of rotatable bonds is 3. The van der Waals surface area contributed by atoms with Crippen LogP contribution in [0.2, 0.25) is 0 Å². The number of carboxylic acids is 1. The monoisotopic (exact) mass is 249 g/mol. The zero-order valence-corrected chi connectivity index (χ0v) is 10.0. The Kier molecular flexibility index (Phi) is 3.14. The molecule has 2 aromatic rings. The molecule has 0 aliphatic carbocycles. The van der Waals surface area contributed by atoms with Gasteiger partial charge in [0.1, 0.15) is 11.6 Å². The maximum absolute atomic E-state index is 13.5. The van der Waals surface area contributed by atoms with Crippen molar-refractivity contribution in [3.05, 3.63) is 35.3 Å². The smallest absolute Gasteiger partial charge is 0.307 e. The topological polar surface area (TPSA) is 59.4 Å². The molecule has 0 amide bonds. The zero-order valence-electron chi connectivity index (χ0n) is 10.0. The first kappa shape index (κ1) is 12.3. The number of fused-ring (bicyclic) bond motifs is 1. The van der Waals surface area contributed by atoms with Gasteiger partial charge in [-0.15, -0.1) is 0 Å². The summed E-state index contributed by atoms with van der Waals surface area (Å²) in [6.45, 7) is 1.77. The Bertz CT molecular complexity index is 625. The van der Waals surface area contributed by atoms with Crippen molar-refractivity contribution in [2.45, 2.75) is 13.3 Å². The van der Waals surface area contributed by atoms with Gasteiger partial charge in [-0.05, 0) is 24.6 Å². The van der Waals surface area contributed by atoms with Crippen LogP contribution in [0.5, 0.6) is 5.75 Å². The van der Waals surface area contributed by atoms with Crippen LogP contribution in [0.25, 0.3) is 10.9 Å². The Morgan fingerprint density at radius 3 is 2.78 bits per heavy atom. The van der Waals surface area contributed by atoms with Gasteiger partial charge in [-0.25, -0.2) is 4.39 Å². The summed E-state index contributed by atoms with van der Waals surface area (Å²) in [6, 6.07) is 4.18. The lowest BCUT2D eigenvalue weighted by atomic mass is 10.1. The van der Waals surface area contributed by atoms with Crippen LogP contribution in [0.3, 0.4) is 0 Å². The van der Waals surface area contributed by atoms with Crippen LogP contribution in [0.15, 0.2) is 18.2 Å². The van der Waals surface area contributed by atoms with Gasteiger partial charge in [0.25, 0.3) is 0 Å².